The van der Waals surface area contributed by atoms with E-state index in [0.717, 1.165) is 63.1 Å². The van der Waals surface area contributed by atoms with E-state index in [0.29, 0.717) is 95.5 Å². The van der Waals surface area contributed by atoms with Crippen LogP contribution in [0.5, 0.6) is 0 Å². The number of carbonyl (C=O) groups excluding carboxylic acids is 6. The van der Waals surface area contributed by atoms with Gasteiger partial charge in [-0.3, -0.25) is 14.6 Å². The van der Waals surface area contributed by atoms with Gasteiger partial charge in [-0.25, -0.2) is 25.0 Å². The van der Waals surface area contributed by atoms with Gasteiger partial charge >= 0.3 is 177 Å². The average Bonchev–Trinajstić information content (AvgIpc) is 1.60. The summed E-state index contributed by atoms with van der Waals surface area (Å²) in [5.74, 6) is -12.3. The second-order valence-electron chi connectivity index (χ2n) is 26.9. The third-order valence-electron chi connectivity index (χ3n) is 20.5. The predicted molar refractivity (Wildman–Crippen MR) is 387 cm³/mol. The number of carboxylic acid groups (broad SMARTS) is 4. The normalized spacial score (nSPS) is 20.8. The summed E-state index contributed by atoms with van der Waals surface area (Å²) >= 11 is 0. The zero-order valence-electron chi connectivity index (χ0n) is 66.5. The van der Waals surface area contributed by atoms with Crippen LogP contribution in [-0.2, 0) is 28.8 Å². The van der Waals surface area contributed by atoms with Crippen molar-refractivity contribution in [3.8, 4) is 0 Å². The van der Waals surface area contributed by atoms with Gasteiger partial charge in [-0.2, -0.15) is 0 Å². The van der Waals surface area contributed by atoms with E-state index in [1.807, 2.05) is 86.6 Å². The number of H-pyrrole nitrogens is 1. The quantitative estimate of drug-likeness (QED) is 0.0287. The summed E-state index contributed by atoms with van der Waals surface area (Å²) in [5, 5.41) is 104. The number of amides is 2. The van der Waals surface area contributed by atoms with E-state index < -0.39 is 83.3 Å². The van der Waals surface area contributed by atoms with E-state index in [9.17, 15) is 69.6 Å². The molecule has 0 spiro atoms. The van der Waals surface area contributed by atoms with Crippen LogP contribution in [0.25, 0.3) is 18.2 Å². The summed E-state index contributed by atoms with van der Waals surface area (Å²) in [4.78, 5) is 109. The molecule has 6 atom stereocenters. The fourth-order valence-corrected chi connectivity index (χ4v) is 14.6. The van der Waals surface area contributed by atoms with Crippen LogP contribution in [0.2, 0.25) is 0 Å². The molecule has 548 valence electrons. The molecule has 10 heterocycles. The number of allylic oxidation sites excluding steroid dienone is 17. The van der Waals surface area contributed by atoms with Crippen LogP contribution >= 0.6 is 0 Å². The van der Waals surface area contributed by atoms with Gasteiger partial charge in [-0.15, -0.1) is 0 Å². The molecular formula is C79H87N11Na6O14. The van der Waals surface area contributed by atoms with Gasteiger partial charge in [0, 0.05) is 86.4 Å². The third kappa shape index (κ3) is 21.5. The molecule has 25 nitrogen and oxygen atoms in total. The number of fused-ring (bicyclic) bond motifs is 10. The van der Waals surface area contributed by atoms with Crippen molar-refractivity contribution in [2.24, 2.45) is 59.4 Å². The number of carbonyl (C=O) groups is 6. The summed E-state index contributed by atoms with van der Waals surface area (Å²) in [6.45, 7) is 29.0. The summed E-state index contributed by atoms with van der Waals surface area (Å²) in [7, 11) is 0. The molecule has 16 bridgehead atoms. The predicted octanol–water partition coefficient (Wildman–Crippen LogP) is -12.6. The van der Waals surface area contributed by atoms with Crippen molar-refractivity contribution >= 4 is 88.2 Å². The Labute approximate surface area is 774 Å². The molecule has 1 aromatic heterocycles. The number of aliphatic hydroxyl groups is 2. The van der Waals surface area contributed by atoms with Crippen molar-refractivity contribution in [2.45, 2.75) is 172 Å². The standard InChI is InChI=1S/C40H47N5O7.C39H46N6O7.6Na/c1-8-11-12-13-26(39(49)50)45-38(48)34-22(7)30-18-32-24(10-3)20(5)28(42-32)17-31-23(9-2)19(4)27(41-31)16-29-21(6)25(14-15-33(46)47)36(43-29)35(40(51)52)37(34)44-30;1-7-22-18(3)26-15-28-20(5)24(12-13-32(46)47)35(43-28)34(37(48)45-25(38(49)50)11-9-10-14-40)36-33(39(51)52)21(6)29(44-36)17-31-23(8-2)19(4)27(42-31)16-30(22)41-26;;;;;;/h9,16-18,21,25-26,41,51-52H,2,8,10-15H2,1,3-7H3,(H,45,48)(H,46,47)(H,49,50);7,15-17,20,24-25,43,51-52H,1,8-14,40H2,2-6H3,(H,45,48)(H,46,47)(H,49,50);;;;;;/q;;6*+1/p-6/t21-,25-,26?;20-,24-,25?;;;;;;/m00....../s1. The molecule has 0 radical (unpaired) electrons. The Hall–Kier alpha value is -5.08. The maximum atomic E-state index is 14.5. The van der Waals surface area contributed by atoms with Crippen LogP contribution < -0.4 is 230 Å². The number of carboxylic acids is 4. The maximum absolute atomic E-state index is 14.5. The molecule has 0 aromatic carbocycles. The van der Waals surface area contributed by atoms with Crippen molar-refractivity contribution in [1.29, 1.82) is 0 Å². The minimum atomic E-state index is -1.52. The van der Waals surface area contributed by atoms with Crippen LogP contribution in [0.1, 0.15) is 175 Å². The van der Waals surface area contributed by atoms with Gasteiger partial charge in [-0.05, 0) is 193 Å². The Bertz CT molecular complexity index is 4620. The van der Waals surface area contributed by atoms with E-state index in [2.05, 4.69) is 34.1 Å². The van der Waals surface area contributed by atoms with Crippen LogP contribution in [-0.4, -0.2) is 104 Å². The second kappa shape index (κ2) is 43.6. The van der Waals surface area contributed by atoms with Crippen LogP contribution in [0, 0.1) is 30.6 Å². The number of aromatic nitrogens is 1. The van der Waals surface area contributed by atoms with Gasteiger partial charge in [0.15, 0.2) is 0 Å². The second-order valence-corrected chi connectivity index (χ2v) is 26.9. The molecule has 2 amide bonds. The van der Waals surface area contributed by atoms with Gasteiger partial charge in [0.2, 0.25) is 0 Å². The van der Waals surface area contributed by atoms with Gasteiger partial charge in [-0.1, -0.05) is 79.2 Å². The number of nitrogens with one attached hydrogen (secondary N) is 4. The molecule has 0 aliphatic carbocycles. The number of hydrogen-bond acceptors (Lipinski definition) is 22. The van der Waals surface area contributed by atoms with E-state index in [-0.39, 0.29) is 278 Å². The topological polar surface area (TPSA) is 433 Å². The Morgan fingerprint density at radius 2 is 1.09 bits per heavy atom. The Morgan fingerprint density at radius 1 is 0.555 bits per heavy atom. The molecule has 10 rings (SSSR count). The molecule has 9 aliphatic heterocycles. The first-order valence-corrected chi connectivity index (χ1v) is 35.1. The SMILES string of the molecule is C=CC1=C(C)C2=NC1=CC1=NC(=CC3=C(C)C(=C([O-])O)C(=N3)C(C(=O)NC(CCCCN)C(=O)[O-])=C3NC(=C2)[C@@H](C)[C@@H]3CCC(=O)[O-])C(CC)=C1C.C=Cc1c2[nH]c(c1C)C=C1N=C(C(=C([O-])O)C3=NC(=CC4=NC(=C2)C(C)=C4CC)C(C)=C3C(=O)NC(CCCCC)C(=O)[O-])[C@@H](CCC(=O)[O-])[C@@H]1C.[Na+].[Na+].[Na+].[Na+].[Na+].[Na+]. The Balaban J connectivity index is 0.000000541. The molecule has 1 fully saturated rings. The molecular weight excluding hydrogens is 1460 g/mol. The third-order valence-corrected chi connectivity index (χ3v) is 20.5. The minimum Gasteiger partial charge on any atom is -0.629 e. The fraction of sp³-hybridized carbons (Fsp3) is 0.392. The largest absolute Gasteiger partial charge is 1.00 e. The van der Waals surface area contributed by atoms with E-state index in [1.165, 1.54) is 0 Å². The van der Waals surface area contributed by atoms with Crippen molar-refractivity contribution in [3.63, 3.8) is 0 Å². The number of aliphatic imine (C=N–C) groups is 6. The first-order chi connectivity index (χ1) is 49.4. The van der Waals surface area contributed by atoms with Gasteiger partial charge in [0.1, 0.15) is 0 Å². The molecule has 2 unspecified atom stereocenters. The first kappa shape index (κ1) is 99.1. The van der Waals surface area contributed by atoms with Gasteiger partial charge in [0.05, 0.1) is 110 Å². The Kier molecular flexibility index (Phi) is 39.3. The first-order valence-electron chi connectivity index (χ1n) is 35.1. The van der Waals surface area contributed by atoms with E-state index in [1.54, 1.807) is 38.2 Å². The van der Waals surface area contributed by atoms with Crippen LogP contribution in [0.4, 0.5) is 0 Å². The summed E-state index contributed by atoms with van der Waals surface area (Å²) in [6, 6.07) is -2.75. The van der Waals surface area contributed by atoms with Crippen LogP contribution in [0.15, 0.2) is 198 Å². The molecule has 0 saturated carbocycles. The molecule has 110 heavy (non-hydrogen) atoms. The summed E-state index contributed by atoms with van der Waals surface area (Å²) in [6.07, 6.45) is 18.1. The van der Waals surface area contributed by atoms with E-state index in [4.69, 9.17) is 35.7 Å². The van der Waals surface area contributed by atoms with Crippen molar-refractivity contribution in [1.82, 2.24) is 20.9 Å². The molecule has 1 saturated heterocycles. The number of aliphatic hydroxyl groups excluding tert-OH is 2. The number of nitrogens with two attached hydrogens (primary N) is 1. The minimum absolute atomic E-state index is 0. The van der Waals surface area contributed by atoms with Gasteiger partial charge < -0.3 is 86.7 Å². The van der Waals surface area contributed by atoms with Crippen molar-refractivity contribution in [3.05, 3.63) is 190 Å². The number of nitrogens with zero attached hydrogens (tertiary/aromatic N) is 6. The van der Waals surface area contributed by atoms with E-state index >= 15 is 0 Å². The van der Waals surface area contributed by atoms with Crippen LogP contribution in [0.3, 0.4) is 0 Å². The molecule has 1 aromatic rings. The smallest absolute Gasteiger partial charge is 0.629 e. The monoisotopic (exact) mass is 1550 g/mol. The number of aliphatic carboxylic acids is 4. The zero-order chi connectivity index (χ0) is 76.0. The van der Waals surface area contributed by atoms with Gasteiger partial charge in [0.25, 0.3) is 11.8 Å². The maximum Gasteiger partial charge on any atom is 1.00 e. The number of aromatic amines is 1. The summed E-state index contributed by atoms with van der Waals surface area (Å²) < 4.78 is 0. The Morgan fingerprint density at radius 3 is 1.64 bits per heavy atom. The molecule has 8 N–H and O–H groups in total. The fourth-order valence-electron chi connectivity index (χ4n) is 14.6. The number of rotatable bonds is 24. The van der Waals surface area contributed by atoms with Crippen molar-refractivity contribution in [2.75, 3.05) is 6.54 Å². The molecule has 31 heteroatoms. The number of unbranched alkanes of at least 4 members (excludes halogenated alkanes) is 3. The van der Waals surface area contributed by atoms with Crippen molar-refractivity contribution < 1.29 is 247 Å². The number of hydrogen-bond donors (Lipinski definition) is 7. The average molecular weight is 1550 g/mol. The molecule has 9 aliphatic rings. The zero-order valence-corrected chi connectivity index (χ0v) is 78.5. The summed E-state index contributed by atoms with van der Waals surface area (Å²) in [5.41, 5.74) is 19.1.